The maximum atomic E-state index is 11.9. The van der Waals surface area contributed by atoms with Crippen LogP contribution < -0.4 is 9.47 Å². The van der Waals surface area contributed by atoms with Crippen molar-refractivity contribution in [3.05, 3.63) is 23.8 Å². The molecule has 0 N–H and O–H groups in total. The number of Topliss-reactive ketones (excluding diaryl/α,β-unsaturated/α-hetero) is 1. The Hall–Kier alpha value is -2.02. The molecular formula is C13H11NO3. The van der Waals surface area contributed by atoms with Crippen LogP contribution in [0.1, 0.15) is 24.3 Å². The standard InChI is InChI=1S/C13H11NO3/c14-6-10(13(15)8-1-2-8)9-3-4-11-12(5-9)17-7-16-11/h3-5,8,10H,1-2,7H2. The van der Waals surface area contributed by atoms with Crippen LogP contribution in [-0.2, 0) is 4.79 Å². The predicted octanol–water partition coefficient (Wildman–Crippen LogP) is 2.00. The summed E-state index contributed by atoms with van der Waals surface area (Å²) in [6, 6.07) is 7.34. The van der Waals surface area contributed by atoms with Gasteiger partial charge in [-0.2, -0.15) is 5.26 Å². The van der Waals surface area contributed by atoms with Gasteiger partial charge in [0.15, 0.2) is 17.3 Å². The molecule has 1 saturated carbocycles. The molecule has 1 aromatic carbocycles. The first-order chi connectivity index (χ1) is 8.29. The van der Waals surface area contributed by atoms with Gasteiger partial charge in [0.1, 0.15) is 5.92 Å². The fourth-order valence-corrected chi connectivity index (χ4v) is 2.00. The first-order valence-electron chi connectivity index (χ1n) is 5.62. The average molecular weight is 229 g/mol. The Kier molecular flexibility index (Phi) is 2.25. The lowest BCUT2D eigenvalue weighted by Gasteiger charge is -2.08. The molecule has 1 atom stereocenters. The summed E-state index contributed by atoms with van der Waals surface area (Å²) in [6.07, 6.45) is 1.84. The lowest BCUT2D eigenvalue weighted by molar-refractivity contribution is -0.120. The molecule has 1 aromatic rings. The number of ketones is 1. The molecule has 1 heterocycles. The van der Waals surface area contributed by atoms with Crippen LogP contribution in [0.25, 0.3) is 0 Å². The largest absolute Gasteiger partial charge is 0.454 e. The molecule has 4 nitrogen and oxygen atoms in total. The van der Waals surface area contributed by atoms with Crippen LogP contribution in [0.5, 0.6) is 11.5 Å². The molecule has 0 bridgehead atoms. The minimum absolute atomic E-state index is 0.0337. The number of benzene rings is 1. The molecule has 3 rings (SSSR count). The second-order valence-corrected chi connectivity index (χ2v) is 4.35. The molecule has 0 amide bonds. The smallest absolute Gasteiger partial charge is 0.231 e. The second-order valence-electron chi connectivity index (χ2n) is 4.35. The van der Waals surface area contributed by atoms with Crippen molar-refractivity contribution in [2.75, 3.05) is 6.79 Å². The molecule has 1 aliphatic heterocycles. The van der Waals surface area contributed by atoms with Crippen molar-refractivity contribution in [1.82, 2.24) is 0 Å². The summed E-state index contributed by atoms with van der Waals surface area (Å²) < 4.78 is 10.4. The van der Waals surface area contributed by atoms with Crippen LogP contribution in [0.4, 0.5) is 0 Å². The minimum atomic E-state index is -0.669. The Morgan fingerprint density at radius 2 is 2.12 bits per heavy atom. The summed E-state index contributed by atoms with van der Waals surface area (Å²) in [6.45, 7) is 0.201. The van der Waals surface area contributed by atoms with Gasteiger partial charge in [-0.15, -0.1) is 0 Å². The Bertz CT molecular complexity index is 514. The van der Waals surface area contributed by atoms with Gasteiger partial charge in [-0.25, -0.2) is 0 Å². The maximum Gasteiger partial charge on any atom is 0.231 e. The molecule has 4 heteroatoms. The number of ether oxygens (including phenoxy) is 2. The molecule has 1 fully saturated rings. The lowest BCUT2D eigenvalue weighted by atomic mass is 9.93. The predicted molar refractivity (Wildman–Crippen MR) is 58.7 cm³/mol. The van der Waals surface area contributed by atoms with Crippen LogP contribution in [-0.4, -0.2) is 12.6 Å². The summed E-state index contributed by atoms with van der Waals surface area (Å²) in [4.78, 5) is 11.9. The quantitative estimate of drug-likeness (QED) is 0.795. The normalized spacial score (nSPS) is 18.5. The van der Waals surface area contributed by atoms with Crippen LogP contribution in [0.15, 0.2) is 18.2 Å². The molecule has 1 unspecified atom stereocenters. The fourth-order valence-electron chi connectivity index (χ4n) is 2.00. The Balaban J connectivity index is 1.91. The van der Waals surface area contributed by atoms with Gasteiger partial charge in [0.05, 0.1) is 6.07 Å². The van der Waals surface area contributed by atoms with Crippen LogP contribution in [0.2, 0.25) is 0 Å². The van der Waals surface area contributed by atoms with Gasteiger partial charge in [0, 0.05) is 5.92 Å². The van der Waals surface area contributed by atoms with Crippen LogP contribution in [0.3, 0.4) is 0 Å². The Morgan fingerprint density at radius 3 is 2.82 bits per heavy atom. The molecule has 0 spiro atoms. The van der Waals surface area contributed by atoms with Gasteiger partial charge in [-0.1, -0.05) is 6.07 Å². The van der Waals surface area contributed by atoms with E-state index in [1.54, 1.807) is 18.2 Å². The molecule has 17 heavy (non-hydrogen) atoms. The van der Waals surface area contributed by atoms with Crippen molar-refractivity contribution >= 4 is 5.78 Å². The zero-order chi connectivity index (χ0) is 11.8. The van der Waals surface area contributed by atoms with E-state index in [1.807, 2.05) is 0 Å². The molecular weight excluding hydrogens is 218 g/mol. The first-order valence-corrected chi connectivity index (χ1v) is 5.62. The molecule has 0 saturated heterocycles. The topological polar surface area (TPSA) is 59.3 Å². The third-order valence-corrected chi connectivity index (χ3v) is 3.12. The summed E-state index contributed by atoms with van der Waals surface area (Å²) in [7, 11) is 0. The molecule has 2 aliphatic rings. The second kappa shape index (κ2) is 3.77. The Morgan fingerprint density at radius 1 is 1.35 bits per heavy atom. The number of carbonyl (C=O) groups excluding carboxylic acids is 1. The van der Waals surface area contributed by atoms with E-state index in [9.17, 15) is 4.79 Å². The molecule has 86 valence electrons. The van der Waals surface area contributed by atoms with E-state index >= 15 is 0 Å². The Labute approximate surface area is 98.8 Å². The number of fused-ring (bicyclic) bond motifs is 1. The monoisotopic (exact) mass is 229 g/mol. The number of hydrogen-bond acceptors (Lipinski definition) is 4. The van der Waals surface area contributed by atoms with E-state index in [2.05, 4.69) is 6.07 Å². The third kappa shape index (κ3) is 1.74. The fraction of sp³-hybridized carbons (Fsp3) is 0.385. The van der Waals surface area contributed by atoms with E-state index < -0.39 is 5.92 Å². The minimum Gasteiger partial charge on any atom is -0.454 e. The summed E-state index contributed by atoms with van der Waals surface area (Å²) in [5.74, 6) is 0.740. The van der Waals surface area contributed by atoms with Crippen molar-refractivity contribution in [3.8, 4) is 17.6 Å². The van der Waals surface area contributed by atoms with Gasteiger partial charge >= 0.3 is 0 Å². The summed E-state index contributed by atoms with van der Waals surface area (Å²) in [5.41, 5.74) is 0.702. The van der Waals surface area contributed by atoms with E-state index in [4.69, 9.17) is 14.7 Å². The van der Waals surface area contributed by atoms with Gasteiger partial charge in [-0.3, -0.25) is 4.79 Å². The number of nitriles is 1. The summed E-state index contributed by atoms with van der Waals surface area (Å²) in [5, 5.41) is 9.13. The van der Waals surface area contributed by atoms with Gasteiger partial charge in [0.2, 0.25) is 6.79 Å². The van der Waals surface area contributed by atoms with Crippen molar-refractivity contribution < 1.29 is 14.3 Å². The van der Waals surface area contributed by atoms with Gasteiger partial charge < -0.3 is 9.47 Å². The highest BCUT2D eigenvalue weighted by atomic mass is 16.7. The van der Waals surface area contributed by atoms with Crippen molar-refractivity contribution in [1.29, 1.82) is 5.26 Å². The number of nitrogens with zero attached hydrogens (tertiary/aromatic N) is 1. The first kappa shape index (κ1) is 10.2. The highest BCUT2D eigenvalue weighted by molar-refractivity contribution is 5.92. The van der Waals surface area contributed by atoms with Gasteiger partial charge in [0.25, 0.3) is 0 Å². The highest BCUT2D eigenvalue weighted by Crippen LogP contribution is 2.38. The van der Waals surface area contributed by atoms with Crippen LogP contribution >= 0.6 is 0 Å². The zero-order valence-corrected chi connectivity index (χ0v) is 9.18. The van der Waals surface area contributed by atoms with E-state index in [-0.39, 0.29) is 18.5 Å². The SMILES string of the molecule is N#CC(C(=O)C1CC1)c1ccc2c(c1)OCO2. The van der Waals surface area contributed by atoms with E-state index in [0.717, 1.165) is 12.8 Å². The number of rotatable bonds is 3. The van der Waals surface area contributed by atoms with Crippen molar-refractivity contribution in [2.24, 2.45) is 5.92 Å². The van der Waals surface area contributed by atoms with Crippen molar-refractivity contribution in [3.63, 3.8) is 0 Å². The van der Waals surface area contributed by atoms with E-state index in [0.29, 0.717) is 17.1 Å². The van der Waals surface area contributed by atoms with Gasteiger partial charge in [-0.05, 0) is 30.5 Å². The van der Waals surface area contributed by atoms with Crippen LogP contribution in [0, 0.1) is 17.2 Å². The zero-order valence-electron chi connectivity index (χ0n) is 9.18. The maximum absolute atomic E-state index is 11.9. The van der Waals surface area contributed by atoms with E-state index in [1.165, 1.54) is 0 Å². The summed E-state index contributed by atoms with van der Waals surface area (Å²) >= 11 is 0. The number of carbonyl (C=O) groups is 1. The van der Waals surface area contributed by atoms with Crippen molar-refractivity contribution in [2.45, 2.75) is 18.8 Å². The average Bonchev–Trinajstić information content (AvgIpc) is 3.09. The highest BCUT2D eigenvalue weighted by Gasteiger charge is 2.36. The molecule has 0 radical (unpaired) electrons. The third-order valence-electron chi connectivity index (χ3n) is 3.12. The number of hydrogen-bond donors (Lipinski definition) is 0. The molecule has 1 aliphatic carbocycles. The molecule has 0 aromatic heterocycles. The lowest BCUT2D eigenvalue weighted by Crippen LogP contribution is -2.12.